The second kappa shape index (κ2) is 5.72. The molecule has 3 rings (SSSR count). The van der Waals surface area contributed by atoms with E-state index >= 15 is 0 Å². The van der Waals surface area contributed by atoms with E-state index in [0.717, 1.165) is 11.3 Å². The summed E-state index contributed by atoms with van der Waals surface area (Å²) in [6.45, 7) is 2.39. The molecule has 22 heavy (non-hydrogen) atoms. The van der Waals surface area contributed by atoms with Crippen molar-refractivity contribution >= 4 is 18.0 Å². The summed E-state index contributed by atoms with van der Waals surface area (Å²) >= 11 is 5.15. The fourth-order valence-electron chi connectivity index (χ4n) is 2.29. The lowest BCUT2D eigenvalue weighted by Gasteiger charge is -2.07. The van der Waals surface area contributed by atoms with Crippen LogP contribution in [-0.2, 0) is 13.0 Å². The normalized spacial score (nSPS) is 11.0. The van der Waals surface area contributed by atoms with Crippen LogP contribution in [0.25, 0.3) is 5.78 Å². The molecule has 2 aromatic heterocycles. The van der Waals surface area contributed by atoms with Crippen molar-refractivity contribution in [3.05, 3.63) is 50.6 Å². The molecule has 1 N–H and O–H groups in total. The van der Waals surface area contributed by atoms with Crippen molar-refractivity contribution in [2.24, 2.45) is 0 Å². The molecular formula is C14H15N5O2S. The highest BCUT2D eigenvalue weighted by Gasteiger charge is 2.13. The second-order valence-electron chi connectivity index (χ2n) is 4.76. The van der Waals surface area contributed by atoms with Gasteiger partial charge < -0.3 is 4.74 Å². The van der Waals surface area contributed by atoms with E-state index in [1.165, 1.54) is 4.52 Å². The van der Waals surface area contributed by atoms with Crippen LogP contribution in [0.2, 0.25) is 0 Å². The molecule has 0 aliphatic carbocycles. The first-order chi connectivity index (χ1) is 10.6. The number of benzene rings is 1. The van der Waals surface area contributed by atoms with Crippen LogP contribution >= 0.6 is 12.2 Å². The predicted molar refractivity (Wildman–Crippen MR) is 83.9 cm³/mol. The average molecular weight is 317 g/mol. The van der Waals surface area contributed by atoms with E-state index < -0.39 is 0 Å². The first kappa shape index (κ1) is 14.5. The van der Waals surface area contributed by atoms with E-state index in [1.807, 2.05) is 31.2 Å². The van der Waals surface area contributed by atoms with Gasteiger partial charge in [0.15, 0.2) is 0 Å². The number of aromatic nitrogens is 5. The third kappa shape index (κ3) is 2.41. The van der Waals surface area contributed by atoms with Crippen molar-refractivity contribution in [1.82, 2.24) is 24.4 Å². The average Bonchev–Trinajstić information content (AvgIpc) is 2.90. The number of rotatable bonds is 4. The number of aromatic amines is 1. The first-order valence-electron chi connectivity index (χ1n) is 6.84. The van der Waals surface area contributed by atoms with Gasteiger partial charge in [0.1, 0.15) is 11.4 Å². The van der Waals surface area contributed by atoms with Gasteiger partial charge in [0.2, 0.25) is 4.77 Å². The summed E-state index contributed by atoms with van der Waals surface area (Å²) in [7, 11) is 1.62. The third-order valence-electron chi connectivity index (χ3n) is 3.43. The van der Waals surface area contributed by atoms with Crippen LogP contribution in [0.15, 0.2) is 29.1 Å². The molecular weight excluding hydrogens is 302 g/mol. The Labute approximate surface area is 131 Å². The van der Waals surface area contributed by atoms with E-state index in [2.05, 4.69) is 15.3 Å². The molecule has 3 aromatic rings. The molecule has 8 heteroatoms. The van der Waals surface area contributed by atoms with Crippen LogP contribution < -0.4 is 10.3 Å². The van der Waals surface area contributed by atoms with Crippen molar-refractivity contribution in [2.45, 2.75) is 19.9 Å². The molecule has 114 valence electrons. The van der Waals surface area contributed by atoms with Gasteiger partial charge in [-0.05, 0) is 36.8 Å². The zero-order valence-corrected chi connectivity index (χ0v) is 13.1. The minimum absolute atomic E-state index is 0.153. The molecule has 0 fully saturated rings. The lowest BCUT2D eigenvalue weighted by atomic mass is 10.1. The Morgan fingerprint density at radius 3 is 2.68 bits per heavy atom. The highest BCUT2D eigenvalue weighted by molar-refractivity contribution is 7.71. The van der Waals surface area contributed by atoms with E-state index in [9.17, 15) is 4.79 Å². The molecule has 0 atom stereocenters. The van der Waals surface area contributed by atoms with Gasteiger partial charge in [0.25, 0.3) is 11.3 Å². The van der Waals surface area contributed by atoms with Crippen LogP contribution in [0.1, 0.15) is 18.2 Å². The molecule has 0 spiro atoms. The van der Waals surface area contributed by atoms with Crippen LogP contribution in [0.5, 0.6) is 5.75 Å². The van der Waals surface area contributed by atoms with Gasteiger partial charge in [-0.2, -0.15) is 9.61 Å². The van der Waals surface area contributed by atoms with Crippen LogP contribution in [0, 0.1) is 4.77 Å². The maximum atomic E-state index is 12.5. The SMILES string of the molecule is CCn1c(=O)c(Cc2ccc(OC)cc2)nn2c(=S)[nH]nc12. The fourth-order valence-corrected chi connectivity index (χ4v) is 2.46. The predicted octanol–water partition coefficient (Wildman–Crippen LogP) is 1.57. The van der Waals surface area contributed by atoms with Crippen molar-refractivity contribution in [1.29, 1.82) is 0 Å². The van der Waals surface area contributed by atoms with E-state index in [0.29, 0.717) is 29.2 Å². The van der Waals surface area contributed by atoms with Crippen LogP contribution in [0.4, 0.5) is 0 Å². The third-order valence-corrected chi connectivity index (χ3v) is 3.70. The molecule has 1 aromatic carbocycles. The number of H-pyrrole nitrogens is 1. The summed E-state index contributed by atoms with van der Waals surface area (Å²) in [5.74, 6) is 1.20. The molecule has 2 heterocycles. The minimum Gasteiger partial charge on any atom is -0.497 e. The molecule has 0 aliphatic rings. The molecule has 0 radical (unpaired) electrons. The maximum absolute atomic E-state index is 12.5. The van der Waals surface area contributed by atoms with Crippen LogP contribution in [-0.4, -0.2) is 31.5 Å². The van der Waals surface area contributed by atoms with E-state index in [4.69, 9.17) is 17.0 Å². The summed E-state index contributed by atoms with van der Waals surface area (Å²) in [5, 5.41) is 11.0. The number of aryl methyl sites for hydroxylation is 1. The Hall–Kier alpha value is -2.48. The molecule has 0 aliphatic heterocycles. The fraction of sp³-hybridized carbons (Fsp3) is 0.286. The Balaban J connectivity index is 2.09. The zero-order valence-electron chi connectivity index (χ0n) is 12.2. The topological polar surface area (TPSA) is 77.2 Å². The number of hydrogen-bond acceptors (Lipinski definition) is 5. The Morgan fingerprint density at radius 2 is 2.05 bits per heavy atom. The van der Waals surface area contributed by atoms with Gasteiger partial charge in [0.05, 0.1) is 7.11 Å². The first-order valence-corrected chi connectivity index (χ1v) is 7.25. The standard InChI is InChI=1S/C14H15N5O2S/c1-3-18-12(20)11(17-19-13(18)15-16-14(19)22)8-9-4-6-10(21-2)7-5-9/h4-7H,3,8H2,1-2H3,(H,16,22). The number of nitrogens with zero attached hydrogens (tertiary/aromatic N) is 4. The molecule has 0 saturated heterocycles. The Morgan fingerprint density at radius 1 is 1.32 bits per heavy atom. The molecule has 0 amide bonds. The van der Waals surface area contributed by atoms with Gasteiger partial charge in [-0.25, -0.2) is 5.10 Å². The van der Waals surface area contributed by atoms with Crippen LogP contribution in [0.3, 0.4) is 0 Å². The van der Waals surface area contributed by atoms with Crippen molar-refractivity contribution < 1.29 is 4.74 Å². The number of ether oxygens (including phenoxy) is 1. The summed E-state index contributed by atoms with van der Waals surface area (Å²) in [5.41, 5.74) is 1.25. The zero-order chi connectivity index (χ0) is 15.7. The van der Waals surface area contributed by atoms with Crippen molar-refractivity contribution in [3.8, 4) is 5.75 Å². The smallest absolute Gasteiger partial charge is 0.277 e. The monoisotopic (exact) mass is 317 g/mol. The largest absolute Gasteiger partial charge is 0.497 e. The highest BCUT2D eigenvalue weighted by Crippen LogP contribution is 2.13. The molecule has 0 saturated carbocycles. The van der Waals surface area contributed by atoms with E-state index in [1.54, 1.807) is 11.7 Å². The lowest BCUT2D eigenvalue weighted by Crippen LogP contribution is -2.28. The number of nitrogens with one attached hydrogen (secondary N) is 1. The van der Waals surface area contributed by atoms with Gasteiger partial charge in [-0.15, -0.1) is 5.10 Å². The van der Waals surface area contributed by atoms with E-state index in [-0.39, 0.29) is 5.56 Å². The lowest BCUT2D eigenvalue weighted by molar-refractivity contribution is 0.414. The summed E-state index contributed by atoms with van der Waals surface area (Å²) in [4.78, 5) is 12.5. The maximum Gasteiger partial charge on any atom is 0.277 e. The Bertz CT molecular complexity index is 923. The number of fused-ring (bicyclic) bond motifs is 1. The summed E-state index contributed by atoms with van der Waals surface area (Å²) < 4.78 is 8.54. The van der Waals surface area contributed by atoms with Gasteiger partial charge in [0, 0.05) is 13.0 Å². The molecule has 0 unspecified atom stereocenters. The highest BCUT2D eigenvalue weighted by atomic mass is 32.1. The minimum atomic E-state index is -0.153. The molecule has 7 nitrogen and oxygen atoms in total. The van der Waals surface area contributed by atoms with Crippen molar-refractivity contribution in [3.63, 3.8) is 0 Å². The quantitative estimate of drug-likeness (QED) is 0.739. The van der Waals surface area contributed by atoms with Gasteiger partial charge in [-0.3, -0.25) is 9.36 Å². The molecule has 0 bridgehead atoms. The van der Waals surface area contributed by atoms with Crippen molar-refractivity contribution in [2.75, 3.05) is 7.11 Å². The van der Waals surface area contributed by atoms with Gasteiger partial charge in [-0.1, -0.05) is 12.1 Å². The second-order valence-corrected chi connectivity index (χ2v) is 5.15. The summed E-state index contributed by atoms with van der Waals surface area (Å²) in [6, 6.07) is 7.54. The number of methoxy groups -OCH3 is 1. The summed E-state index contributed by atoms with van der Waals surface area (Å²) in [6.07, 6.45) is 0.422. The number of hydrogen-bond donors (Lipinski definition) is 1. The Kier molecular flexibility index (Phi) is 3.76. The van der Waals surface area contributed by atoms with Gasteiger partial charge >= 0.3 is 0 Å².